The van der Waals surface area contributed by atoms with Crippen LogP contribution in [0.2, 0.25) is 0 Å². The number of hydrogen-bond acceptors (Lipinski definition) is 1. The fourth-order valence-corrected chi connectivity index (χ4v) is 0.354. The summed E-state index contributed by atoms with van der Waals surface area (Å²) in [6.07, 6.45) is 1.17. The fraction of sp³-hybridized carbons (Fsp3) is 0.714. The predicted octanol–water partition coefficient (Wildman–Crippen LogP) is 1.58. The average molecular weight is 114 g/mol. The Morgan fingerprint density at radius 3 is 1.88 bits per heavy atom. The SMILES string of the molecule is C=CC(O)C(C)(C)C. The molecule has 0 radical (unpaired) electrons. The summed E-state index contributed by atoms with van der Waals surface area (Å²) in [7, 11) is 0. The van der Waals surface area contributed by atoms with E-state index in [1.165, 1.54) is 0 Å². The third kappa shape index (κ3) is 2.12. The van der Waals surface area contributed by atoms with Gasteiger partial charge >= 0.3 is 0 Å². The monoisotopic (exact) mass is 114 g/mol. The Labute approximate surface area is 51.0 Å². The molecule has 0 saturated heterocycles. The third-order valence-electron chi connectivity index (χ3n) is 1.11. The lowest BCUT2D eigenvalue weighted by Crippen LogP contribution is -2.22. The Balaban J connectivity index is 3.80. The van der Waals surface area contributed by atoms with Crippen molar-refractivity contribution in [1.82, 2.24) is 0 Å². The van der Waals surface area contributed by atoms with Gasteiger partial charge in [0.15, 0.2) is 0 Å². The van der Waals surface area contributed by atoms with E-state index in [-0.39, 0.29) is 11.5 Å². The minimum Gasteiger partial charge on any atom is -0.389 e. The van der Waals surface area contributed by atoms with Gasteiger partial charge in [-0.1, -0.05) is 26.8 Å². The van der Waals surface area contributed by atoms with E-state index in [0.717, 1.165) is 0 Å². The molecule has 1 atom stereocenters. The van der Waals surface area contributed by atoms with Crippen LogP contribution in [0, 0.1) is 5.41 Å². The minimum atomic E-state index is -0.387. The molecule has 1 nitrogen and oxygen atoms in total. The molecule has 48 valence electrons. The maximum Gasteiger partial charge on any atom is 0.0766 e. The third-order valence-corrected chi connectivity index (χ3v) is 1.11. The van der Waals surface area contributed by atoms with Crippen molar-refractivity contribution in [3.05, 3.63) is 12.7 Å². The van der Waals surface area contributed by atoms with Gasteiger partial charge in [-0.25, -0.2) is 0 Å². The van der Waals surface area contributed by atoms with E-state index in [1.807, 2.05) is 20.8 Å². The van der Waals surface area contributed by atoms with Crippen molar-refractivity contribution >= 4 is 0 Å². The second-order valence-corrected chi connectivity index (χ2v) is 3.05. The highest BCUT2D eigenvalue weighted by Gasteiger charge is 2.17. The number of rotatable bonds is 1. The second kappa shape index (κ2) is 2.31. The lowest BCUT2D eigenvalue weighted by atomic mass is 9.89. The molecular weight excluding hydrogens is 100 g/mol. The quantitative estimate of drug-likeness (QED) is 0.513. The van der Waals surface area contributed by atoms with Gasteiger partial charge in [0.1, 0.15) is 0 Å². The van der Waals surface area contributed by atoms with Gasteiger partial charge in [-0.2, -0.15) is 0 Å². The molecule has 8 heavy (non-hydrogen) atoms. The summed E-state index contributed by atoms with van der Waals surface area (Å²) in [6.45, 7) is 9.39. The van der Waals surface area contributed by atoms with Crippen molar-refractivity contribution in [3.8, 4) is 0 Å². The zero-order valence-electron chi connectivity index (χ0n) is 5.81. The Hall–Kier alpha value is -0.300. The normalized spacial score (nSPS) is 15.5. The molecule has 0 bridgehead atoms. The lowest BCUT2D eigenvalue weighted by molar-refractivity contribution is 0.106. The zero-order chi connectivity index (χ0) is 6.78. The van der Waals surface area contributed by atoms with E-state index in [1.54, 1.807) is 6.08 Å². The average Bonchev–Trinajstić information content (AvgIpc) is 1.62. The van der Waals surface area contributed by atoms with E-state index in [4.69, 9.17) is 5.11 Å². The number of hydrogen-bond donors (Lipinski definition) is 1. The minimum absolute atomic E-state index is 0.0538. The second-order valence-electron chi connectivity index (χ2n) is 3.05. The Morgan fingerprint density at radius 2 is 1.88 bits per heavy atom. The molecule has 0 amide bonds. The van der Waals surface area contributed by atoms with Crippen LogP contribution in [0.5, 0.6) is 0 Å². The van der Waals surface area contributed by atoms with Crippen LogP contribution in [0.4, 0.5) is 0 Å². The molecular formula is C7H14O. The molecule has 0 aromatic rings. The Kier molecular flexibility index (Phi) is 2.23. The van der Waals surface area contributed by atoms with E-state index in [2.05, 4.69) is 6.58 Å². The molecule has 0 saturated carbocycles. The predicted molar refractivity (Wildman–Crippen MR) is 35.7 cm³/mol. The number of aliphatic hydroxyl groups is 1. The summed E-state index contributed by atoms with van der Waals surface area (Å²) in [5, 5.41) is 9.08. The smallest absolute Gasteiger partial charge is 0.0766 e. The summed E-state index contributed by atoms with van der Waals surface area (Å²) in [4.78, 5) is 0. The van der Waals surface area contributed by atoms with Crippen molar-refractivity contribution in [2.45, 2.75) is 26.9 Å². The molecule has 0 aliphatic heterocycles. The first-order chi connectivity index (χ1) is 3.48. The van der Waals surface area contributed by atoms with E-state index < -0.39 is 0 Å². The highest BCUT2D eigenvalue weighted by Crippen LogP contribution is 2.18. The topological polar surface area (TPSA) is 20.2 Å². The highest BCUT2D eigenvalue weighted by molar-refractivity contribution is 4.87. The number of aliphatic hydroxyl groups excluding tert-OH is 1. The molecule has 0 fully saturated rings. The summed E-state index contributed by atoms with van der Waals surface area (Å²) < 4.78 is 0. The first-order valence-electron chi connectivity index (χ1n) is 2.79. The molecule has 0 rings (SSSR count). The Morgan fingerprint density at radius 1 is 1.50 bits per heavy atom. The van der Waals surface area contributed by atoms with Crippen LogP contribution in [0.15, 0.2) is 12.7 Å². The van der Waals surface area contributed by atoms with Gasteiger partial charge in [0, 0.05) is 0 Å². The van der Waals surface area contributed by atoms with Crippen LogP contribution >= 0.6 is 0 Å². The van der Waals surface area contributed by atoms with Gasteiger partial charge in [0.05, 0.1) is 6.10 Å². The molecule has 0 aromatic heterocycles. The molecule has 0 aliphatic carbocycles. The summed E-state index contributed by atoms with van der Waals surface area (Å²) in [6, 6.07) is 0. The van der Waals surface area contributed by atoms with Gasteiger partial charge in [0.2, 0.25) is 0 Å². The van der Waals surface area contributed by atoms with Crippen LogP contribution < -0.4 is 0 Å². The Bertz CT molecular complexity index is 78.9. The zero-order valence-corrected chi connectivity index (χ0v) is 5.81. The first-order valence-corrected chi connectivity index (χ1v) is 2.79. The van der Waals surface area contributed by atoms with Crippen molar-refractivity contribution < 1.29 is 5.11 Å². The maximum absolute atomic E-state index is 9.08. The van der Waals surface area contributed by atoms with Crippen molar-refractivity contribution in [2.75, 3.05) is 0 Å². The summed E-state index contributed by atoms with van der Waals surface area (Å²) in [5.41, 5.74) is -0.0538. The van der Waals surface area contributed by atoms with E-state index in [0.29, 0.717) is 0 Å². The molecule has 0 spiro atoms. The summed E-state index contributed by atoms with van der Waals surface area (Å²) in [5.74, 6) is 0. The van der Waals surface area contributed by atoms with Gasteiger partial charge < -0.3 is 5.11 Å². The fourth-order valence-electron chi connectivity index (χ4n) is 0.354. The lowest BCUT2D eigenvalue weighted by Gasteiger charge is -2.21. The van der Waals surface area contributed by atoms with Crippen LogP contribution in [0.3, 0.4) is 0 Å². The largest absolute Gasteiger partial charge is 0.389 e. The maximum atomic E-state index is 9.08. The molecule has 1 heteroatoms. The van der Waals surface area contributed by atoms with Crippen molar-refractivity contribution in [2.24, 2.45) is 5.41 Å². The van der Waals surface area contributed by atoms with Crippen molar-refractivity contribution in [1.29, 1.82) is 0 Å². The van der Waals surface area contributed by atoms with Gasteiger partial charge in [-0.3, -0.25) is 0 Å². The standard InChI is InChI=1S/C7H14O/c1-5-6(8)7(2,3)4/h5-6,8H,1H2,2-4H3. The van der Waals surface area contributed by atoms with Gasteiger partial charge in [0.25, 0.3) is 0 Å². The van der Waals surface area contributed by atoms with E-state index >= 15 is 0 Å². The molecule has 0 aromatic carbocycles. The van der Waals surface area contributed by atoms with Gasteiger partial charge in [-0.05, 0) is 5.41 Å². The first kappa shape index (κ1) is 7.70. The molecule has 1 unspecified atom stereocenters. The van der Waals surface area contributed by atoms with Crippen molar-refractivity contribution in [3.63, 3.8) is 0 Å². The summed E-state index contributed by atoms with van der Waals surface area (Å²) >= 11 is 0. The van der Waals surface area contributed by atoms with Crippen LogP contribution in [-0.2, 0) is 0 Å². The molecule has 0 heterocycles. The van der Waals surface area contributed by atoms with Crippen LogP contribution in [-0.4, -0.2) is 11.2 Å². The molecule has 1 N–H and O–H groups in total. The van der Waals surface area contributed by atoms with E-state index in [9.17, 15) is 0 Å². The van der Waals surface area contributed by atoms with Gasteiger partial charge in [-0.15, -0.1) is 6.58 Å². The van der Waals surface area contributed by atoms with Crippen LogP contribution in [0.1, 0.15) is 20.8 Å². The van der Waals surface area contributed by atoms with Crippen LogP contribution in [0.25, 0.3) is 0 Å². The molecule has 0 aliphatic rings. The highest BCUT2D eigenvalue weighted by atomic mass is 16.3.